The van der Waals surface area contributed by atoms with Gasteiger partial charge in [0.2, 0.25) is 0 Å². The molecule has 0 amide bonds. The lowest BCUT2D eigenvalue weighted by atomic mass is 10.0. The molecule has 2 rings (SSSR count). The van der Waals surface area contributed by atoms with Crippen LogP contribution in [-0.2, 0) is 0 Å². The van der Waals surface area contributed by atoms with Gasteiger partial charge in [0.05, 0.1) is 49.4 Å². The maximum absolute atomic E-state index is 6.16. The molecule has 0 aliphatic carbocycles. The third-order valence-corrected chi connectivity index (χ3v) is 2.97. The molecule has 2 aromatic rings. The summed E-state index contributed by atoms with van der Waals surface area (Å²) in [6.45, 7) is 0. The van der Waals surface area contributed by atoms with Crippen molar-refractivity contribution in [1.29, 1.82) is 0 Å². The molecule has 0 saturated carbocycles. The van der Waals surface area contributed by atoms with Gasteiger partial charge in [-0.3, -0.25) is 0 Å². The zero-order chi connectivity index (χ0) is 12.3. The molecule has 2 N–H and O–H groups in total. The normalized spacial score (nSPS) is 12.2. The Morgan fingerprint density at radius 3 is 2.35 bits per heavy atom. The average molecular weight is 251 g/mol. The number of hydrogen-bond donors (Lipinski definition) is 1. The van der Waals surface area contributed by atoms with E-state index in [1.165, 1.54) is 0 Å². The molecule has 0 aliphatic rings. The summed E-state index contributed by atoms with van der Waals surface area (Å²) in [6.07, 6.45) is 1.65. The van der Waals surface area contributed by atoms with Crippen LogP contribution in [0.4, 0.5) is 0 Å². The van der Waals surface area contributed by atoms with Crippen molar-refractivity contribution in [3.63, 3.8) is 0 Å². The molecule has 0 bridgehead atoms. The van der Waals surface area contributed by atoms with Gasteiger partial charge in [-0.1, -0.05) is 6.07 Å². The number of hydrogen-bond acceptors (Lipinski definition) is 6. The van der Waals surface area contributed by atoms with Gasteiger partial charge in [0.25, 0.3) is 0 Å². The molecule has 1 aromatic carbocycles. The van der Waals surface area contributed by atoms with Crippen LogP contribution in [0.15, 0.2) is 24.4 Å². The zero-order valence-electron chi connectivity index (χ0n) is 9.58. The van der Waals surface area contributed by atoms with Crippen molar-refractivity contribution < 1.29 is 9.47 Å². The largest absolute Gasteiger partial charge is 0.496 e. The molecule has 17 heavy (non-hydrogen) atoms. The van der Waals surface area contributed by atoms with E-state index in [0.29, 0.717) is 17.2 Å². The fourth-order valence-electron chi connectivity index (χ4n) is 1.64. The average Bonchev–Trinajstić information content (AvgIpc) is 2.90. The van der Waals surface area contributed by atoms with Crippen LogP contribution in [0.3, 0.4) is 0 Å². The Balaban J connectivity index is 2.49. The van der Waals surface area contributed by atoms with Crippen molar-refractivity contribution >= 4 is 11.7 Å². The fraction of sp³-hybridized carbons (Fsp3) is 0.273. The highest BCUT2D eigenvalue weighted by Crippen LogP contribution is 2.35. The molecule has 0 saturated heterocycles. The Morgan fingerprint density at radius 1 is 1.24 bits per heavy atom. The van der Waals surface area contributed by atoms with Gasteiger partial charge in [-0.05, 0) is 12.1 Å². The molecule has 1 unspecified atom stereocenters. The van der Waals surface area contributed by atoms with Crippen LogP contribution in [0.5, 0.6) is 11.5 Å². The van der Waals surface area contributed by atoms with E-state index >= 15 is 0 Å². The lowest BCUT2D eigenvalue weighted by Gasteiger charge is -2.17. The number of rotatable bonds is 4. The second-order valence-corrected chi connectivity index (χ2v) is 3.94. The number of nitrogens with two attached hydrogens (primary N) is 1. The number of aromatic nitrogens is 2. The SMILES string of the molecule is COc1cccc(OC)c1C(N)c1cnsn1. The summed E-state index contributed by atoms with van der Waals surface area (Å²) in [5.41, 5.74) is 7.65. The van der Waals surface area contributed by atoms with Crippen molar-refractivity contribution in [3.8, 4) is 11.5 Å². The molecular formula is C11H13N3O2S. The molecule has 1 heterocycles. The van der Waals surface area contributed by atoms with Crippen molar-refractivity contribution in [2.24, 2.45) is 5.73 Å². The first-order valence-corrected chi connectivity index (χ1v) is 5.75. The maximum Gasteiger partial charge on any atom is 0.127 e. The summed E-state index contributed by atoms with van der Waals surface area (Å²) in [4.78, 5) is 0. The molecule has 0 radical (unpaired) electrons. The van der Waals surface area contributed by atoms with Gasteiger partial charge in [0.1, 0.15) is 11.5 Å². The summed E-state index contributed by atoms with van der Waals surface area (Å²) in [7, 11) is 3.20. The van der Waals surface area contributed by atoms with Gasteiger partial charge in [-0.2, -0.15) is 8.75 Å². The van der Waals surface area contributed by atoms with Crippen LogP contribution < -0.4 is 15.2 Å². The van der Waals surface area contributed by atoms with Crippen LogP contribution in [0.1, 0.15) is 17.3 Å². The van der Waals surface area contributed by atoms with Crippen LogP contribution in [-0.4, -0.2) is 23.0 Å². The maximum atomic E-state index is 6.16. The fourth-order valence-corrected chi connectivity index (χ4v) is 2.10. The van der Waals surface area contributed by atoms with E-state index in [2.05, 4.69) is 8.75 Å². The van der Waals surface area contributed by atoms with Gasteiger partial charge in [0, 0.05) is 0 Å². The Labute approximate surface area is 104 Å². The molecule has 0 aliphatic heterocycles. The molecule has 90 valence electrons. The Bertz CT molecular complexity index is 465. The second-order valence-electron chi connectivity index (χ2n) is 3.39. The summed E-state index contributed by atoms with van der Waals surface area (Å²) < 4.78 is 18.7. The Kier molecular flexibility index (Phi) is 3.55. The van der Waals surface area contributed by atoms with Crippen molar-refractivity contribution in [2.75, 3.05) is 14.2 Å². The van der Waals surface area contributed by atoms with E-state index in [4.69, 9.17) is 15.2 Å². The van der Waals surface area contributed by atoms with Gasteiger partial charge >= 0.3 is 0 Å². The van der Waals surface area contributed by atoms with E-state index in [0.717, 1.165) is 17.3 Å². The van der Waals surface area contributed by atoms with E-state index in [9.17, 15) is 0 Å². The molecule has 0 spiro atoms. The highest BCUT2D eigenvalue weighted by Gasteiger charge is 2.20. The molecule has 6 heteroatoms. The van der Waals surface area contributed by atoms with Crippen molar-refractivity contribution in [1.82, 2.24) is 8.75 Å². The zero-order valence-corrected chi connectivity index (χ0v) is 10.4. The Morgan fingerprint density at radius 2 is 1.88 bits per heavy atom. The minimum atomic E-state index is -0.403. The van der Waals surface area contributed by atoms with Gasteiger partial charge in [-0.25, -0.2) is 0 Å². The summed E-state index contributed by atoms with van der Waals surface area (Å²) in [5, 5.41) is 0. The van der Waals surface area contributed by atoms with Gasteiger partial charge in [0.15, 0.2) is 0 Å². The highest BCUT2D eigenvalue weighted by atomic mass is 32.1. The van der Waals surface area contributed by atoms with Crippen molar-refractivity contribution in [2.45, 2.75) is 6.04 Å². The lowest BCUT2D eigenvalue weighted by molar-refractivity contribution is 0.382. The van der Waals surface area contributed by atoms with E-state index < -0.39 is 6.04 Å². The first kappa shape index (κ1) is 11.8. The first-order chi connectivity index (χ1) is 8.27. The quantitative estimate of drug-likeness (QED) is 0.893. The third kappa shape index (κ3) is 2.22. The number of benzene rings is 1. The lowest BCUT2D eigenvalue weighted by Crippen LogP contribution is -2.14. The molecular weight excluding hydrogens is 238 g/mol. The minimum Gasteiger partial charge on any atom is -0.496 e. The van der Waals surface area contributed by atoms with E-state index in [-0.39, 0.29) is 0 Å². The van der Waals surface area contributed by atoms with Crippen LogP contribution in [0.2, 0.25) is 0 Å². The monoisotopic (exact) mass is 251 g/mol. The van der Waals surface area contributed by atoms with E-state index in [1.54, 1.807) is 20.4 Å². The standard InChI is InChI=1S/C11H13N3O2S/c1-15-8-4-3-5-9(16-2)10(8)11(12)7-6-13-17-14-7/h3-6,11H,12H2,1-2H3. The van der Waals surface area contributed by atoms with Crippen LogP contribution in [0.25, 0.3) is 0 Å². The number of methoxy groups -OCH3 is 2. The molecule has 1 atom stereocenters. The van der Waals surface area contributed by atoms with Crippen LogP contribution >= 0.6 is 11.7 Å². The Hall–Kier alpha value is -1.66. The summed E-state index contributed by atoms with van der Waals surface area (Å²) >= 11 is 1.13. The minimum absolute atomic E-state index is 0.403. The van der Waals surface area contributed by atoms with Crippen molar-refractivity contribution in [3.05, 3.63) is 35.7 Å². The van der Waals surface area contributed by atoms with Gasteiger partial charge < -0.3 is 15.2 Å². The van der Waals surface area contributed by atoms with Gasteiger partial charge in [-0.15, -0.1) is 0 Å². The summed E-state index contributed by atoms with van der Waals surface area (Å²) in [6, 6.07) is 5.14. The number of ether oxygens (including phenoxy) is 2. The second kappa shape index (κ2) is 5.11. The smallest absolute Gasteiger partial charge is 0.127 e. The third-order valence-electron chi connectivity index (χ3n) is 2.47. The highest BCUT2D eigenvalue weighted by molar-refractivity contribution is 6.99. The summed E-state index contributed by atoms with van der Waals surface area (Å²) in [5.74, 6) is 1.37. The number of nitrogens with zero attached hydrogens (tertiary/aromatic N) is 2. The van der Waals surface area contributed by atoms with E-state index in [1.807, 2.05) is 18.2 Å². The topological polar surface area (TPSA) is 70.3 Å². The molecule has 5 nitrogen and oxygen atoms in total. The predicted molar refractivity (Wildman–Crippen MR) is 65.5 cm³/mol. The first-order valence-electron chi connectivity index (χ1n) is 5.02. The molecule has 1 aromatic heterocycles. The molecule has 0 fully saturated rings. The predicted octanol–water partition coefficient (Wildman–Crippen LogP) is 1.60. The van der Waals surface area contributed by atoms with Crippen LogP contribution in [0, 0.1) is 0 Å².